The molecular formula is C12H18O4. The van der Waals surface area contributed by atoms with Crippen LogP contribution in [0.3, 0.4) is 0 Å². The molecule has 0 heterocycles. The highest BCUT2D eigenvalue weighted by atomic mass is 16.4. The molecule has 0 bridgehead atoms. The van der Waals surface area contributed by atoms with Crippen molar-refractivity contribution in [1.82, 2.24) is 0 Å². The fourth-order valence-electron chi connectivity index (χ4n) is 1.58. The largest absolute Gasteiger partial charge is 0.479 e. The summed E-state index contributed by atoms with van der Waals surface area (Å²) in [6.07, 6.45) is 3.64. The average Bonchev–Trinajstić information content (AvgIpc) is 2.18. The van der Waals surface area contributed by atoms with Crippen LogP contribution in [0, 0.1) is 0 Å². The average molecular weight is 226 g/mol. The van der Waals surface area contributed by atoms with Crippen LogP contribution in [0.4, 0.5) is 0 Å². The van der Waals surface area contributed by atoms with Gasteiger partial charge in [-0.25, -0.2) is 4.79 Å². The van der Waals surface area contributed by atoms with E-state index in [9.17, 15) is 15.0 Å². The van der Waals surface area contributed by atoms with E-state index < -0.39 is 17.2 Å². The fraction of sp³-hybridized carbons (Fsp3) is 0.417. The van der Waals surface area contributed by atoms with Crippen molar-refractivity contribution in [3.8, 4) is 0 Å². The highest BCUT2D eigenvalue weighted by Gasteiger charge is 2.52. The standard InChI is InChI=1S/C12H18O4/c1-4-7-11(15,8-5-2)12(16,9-6-3)10(13)14/h4-6,15-16H,1-3,7-9H2,(H,13,14). The Morgan fingerprint density at radius 1 is 1.00 bits per heavy atom. The molecule has 16 heavy (non-hydrogen) atoms. The molecule has 0 aromatic heterocycles. The maximum atomic E-state index is 11.1. The highest BCUT2D eigenvalue weighted by Crippen LogP contribution is 2.33. The second kappa shape index (κ2) is 5.63. The van der Waals surface area contributed by atoms with E-state index in [0.29, 0.717) is 0 Å². The van der Waals surface area contributed by atoms with Crippen LogP contribution in [0.15, 0.2) is 38.0 Å². The van der Waals surface area contributed by atoms with Crippen LogP contribution in [-0.2, 0) is 4.79 Å². The molecule has 3 N–H and O–H groups in total. The van der Waals surface area contributed by atoms with Crippen molar-refractivity contribution in [2.24, 2.45) is 0 Å². The van der Waals surface area contributed by atoms with E-state index >= 15 is 0 Å². The van der Waals surface area contributed by atoms with Crippen LogP contribution >= 0.6 is 0 Å². The van der Waals surface area contributed by atoms with Gasteiger partial charge in [-0.3, -0.25) is 0 Å². The van der Waals surface area contributed by atoms with Crippen molar-refractivity contribution >= 4 is 5.97 Å². The maximum absolute atomic E-state index is 11.1. The highest BCUT2D eigenvalue weighted by molar-refractivity contribution is 5.79. The van der Waals surface area contributed by atoms with E-state index in [4.69, 9.17) is 5.11 Å². The first-order valence-corrected chi connectivity index (χ1v) is 4.89. The van der Waals surface area contributed by atoms with Gasteiger partial charge in [-0.1, -0.05) is 18.2 Å². The summed E-state index contributed by atoms with van der Waals surface area (Å²) < 4.78 is 0. The van der Waals surface area contributed by atoms with Gasteiger partial charge in [0.05, 0.1) is 0 Å². The predicted octanol–water partition coefficient (Wildman–Crippen LogP) is 1.26. The Morgan fingerprint density at radius 3 is 1.62 bits per heavy atom. The summed E-state index contributed by atoms with van der Waals surface area (Å²) in [7, 11) is 0. The van der Waals surface area contributed by atoms with Gasteiger partial charge in [-0.15, -0.1) is 19.7 Å². The second-order valence-electron chi connectivity index (χ2n) is 3.68. The topological polar surface area (TPSA) is 77.8 Å². The molecular weight excluding hydrogens is 208 g/mol. The zero-order chi connectivity index (χ0) is 12.8. The minimum absolute atomic E-state index is 0.0460. The molecule has 0 radical (unpaired) electrons. The molecule has 0 aliphatic heterocycles. The van der Waals surface area contributed by atoms with Crippen molar-refractivity contribution < 1.29 is 20.1 Å². The van der Waals surface area contributed by atoms with Crippen LogP contribution in [-0.4, -0.2) is 32.5 Å². The molecule has 4 heteroatoms. The van der Waals surface area contributed by atoms with Gasteiger partial charge in [-0.2, -0.15) is 0 Å². The van der Waals surface area contributed by atoms with Crippen molar-refractivity contribution in [2.45, 2.75) is 30.5 Å². The lowest BCUT2D eigenvalue weighted by Gasteiger charge is -2.39. The third-order valence-electron chi connectivity index (χ3n) is 2.53. The first-order valence-electron chi connectivity index (χ1n) is 4.89. The van der Waals surface area contributed by atoms with Gasteiger partial charge in [0.25, 0.3) is 0 Å². The SMILES string of the molecule is C=CCC(O)(CC=C)C(O)(CC=C)C(=O)O. The van der Waals surface area contributed by atoms with Crippen LogP contribution in [0.5, 0.6) is 0 Å². The normalized spacial score (nSPS) is 14.9. The Kier molecular flexibility index (Phi) is 5.14. The van der Waals surface area contributed by atoms with Crippen molar-refractivity contribution in [2.75, 3.05) is 0 Å². The molecule has 1 unspecified atom stereocenters. The molecule has 0 aliphatic rings. The molecule has 0 spiro atoms. The summed E-state index contributed by atoms with van der Waals surface area (Å²) in [5.41, 5.74) is -4.10. The Hall–Kier alpha value is -1.39. The number of rotatable bonds is 8. The first-order chi connectivity index (χ1) is 7.38. The second-order valence-corrected chi connectivity index (χ2v) is 3.68. The molecule has 0 fully saturated rings. The Balaban J connectivity index is 5.39. The lowest BCUT2D eigenvalue weighted by atomic mass is 9.75. The number of carbonyl (C=O) groups is 1. The van der Waals surface area contributed by atoms with Crippen LogP contribution in [0.25, 0.3) is 0 Å². The summed E-state index contributed by atoms with van der Waals surface area (Å²) in [4.78, 5) is 11.1. The number of carboxylic acids is 1. The molecule has 4 nitrogen and oxygen atoms in total. The molecule has 0 aromatic rings. The predicted molar refractivity (Wildman–Crippen MR) is 62.0 cm³/mol. The minimum Gasteiger partial charge on any atom is -0.479 e. The zero-order valence-corrected chi connectivity index (χ0v) is 9.22. The van der Waals surface area contributed by atoms with E-state index in [1.807, 2.05) is 0 Å². The Bertz CT molecular complexity index is 285. The lowest BCUT2D eigenvalue weighted by Crippen LogP contribution is -2.58. The zero-order valence-electron chi connectivity index (χ0n) is 9.22. The Morgan fingerprint density at radius 2 is 1.38 bits per heavy atom. The molecule has 0 amide bonds. The molecule has 0 rings (SSSR count). The van der Waals surface area contributed by atoms with Crippen molar-refractivity contribution in [1.29, 1.82) is 0 Å². The summed E-state index contributed by atoms with van der Waals surface area (Å²) in [6.45, 7) is 10.2. The van der Waals surface area contributed by atoms with Gasteiger partial charge in [-0.05, 0) is 12.8 Å². The van der Waals surface area contributed by atoms with Gasteiger partial charge in [0.15, 0.2) is 5.60 Å². The first kappa shape index (κ1) is 14.6. The summed E-state index contributed by atoms with van der Waals surface area (Å²) in [5.74, 6) is -1.49. The number of hydrogen-bond acceptors (Lipinski definition) is 3. The minimum atomic E-state index is -2.28. The van der Waals surface area contributed by atoms with Gasteiger partial charge in [0.2, 0.25) is 0 Å². The molecule has 0 aromatic carbocycles. The van der Waals surface area contributed by atoms with Crippen LogP contribution in [0.1, 0.15) is 19.3 Å². The van der Waals surface area contributed by atoms with Crippen LogP contribution in [0.2, 0.25) is 0 Å². The monoisotopic (exact) mass is 226 g/mol. The van der Waals surface area contributed by atoms with E-state index in [1.165, 1.54) is 18.2 Å². The summed E-state index contributed by atoms with van der Waals surface area (Å²) in [6, 6.07) is 0. The number of aliphatic hydroxyl groups is 2. The maximum Gasteiger partial charge on any atom is 0.339 e. The third-order valence-corrected chi connectivity index (χ3v) is 2.53. The van der Waals surface area contributed by atoms with E-state index in [0.717, 1.165) is 0 Å². The molecule has 0 saturated carbocycles. The number of aliphatic carboxylic acids is 1. The van der Waals surface area contributed by atoms with Gasteiger partial charge >= 0.3 is 5.97 Å². The summed E-state index contributed by atoms with van der Waals surface area (Å²) in [5, 5.41) is 29.3. The van der Waals surface area contributed by atoms with E-state index in [-0.39, 0.29) is 19.3 Å². The Labute approximate surface area is 95.2 Å². The van der Waals surface area contributed by atoms with E-state index in [1.54, 1.807) is 0 Å². The molecule has 90 valence electrons. The third kappa shape index (κ3) is 2.59. The van der Waals surface area contributed by atoms with Gasteiger partial charge in [0, 0.05) is 6.42 Å². The van der Waals surface area contributed by atoms with E-state index in [2.05, 4.69) is 19.7 Å². The van der Waals surface area contributed by atoms with Gasteiger partial charge < -0.3 is 15.3 Å². The number of carboxylic acid groups (broad SMARTS) is 1. The van der Waals surface area contributed by atoms with Gasteiger partial charge in [0.1, 0.15) is 5.60 Å². The molecule has 0 saturated heterocycles. The lowest BCUT2D eigenvalue weighted by molar-refractivity contribution is -0.191. The molecule has 1 atom stereocenters. The summed E-state index contributed by atoms with van der Waals surface area (Å²) >= 11 is 0. The quantitative estimate of drug-likeness (QED) is 0.544. The molecule has 0 aliphatic carbocycles. The smallest absolute Gasteiger partial charge is 0.339 e. The van der Waals surface area contributed by atoms with Crippen molar-refractivity contribution in [3.63, 3.8) is 0 Å². The van der Waals surface area contributed by atoms with Crippen molar-refractivity contribution in [3.05, 3.63) is 38.0 Å². The number of hydrogen-bond donors (Lipinski definition) is 3. The van der Waals surface area contributed by atoms with Crippen LogP contribution < -0.4 is 0 Å². The fourth-order valence-corrected chi connectivity index (χ4v) is 1.58.